The topological polar surface area (TPSA) is 9.72 Å². The van der Waals surface area contributed by atoms with Gasteiger partial charge in [0.25, 0.3) is 0 Å². The molecule has 2 unspecified atom stereocenters. The first kappa shape index (κ1) is 16.3. The maximum atomic E-state index is 2.74. The summed E-state index contributed by atoms with van der Waals surface area (Å²) in [5.74, 6) is 3.06. The lowest BCUT2D eigenvalue weighted by Crippen LogP contribution is -2.58. The zero-order valence-electron chi connectivity index (χ0n) is 14.1. The number of likely N-dealkylation sites (tertiary alicyclic amines) is 1. The Balaban J connectivity index is 0.000000704. The molecule has 3 heteroatoms. The van der Waals surface area contributed by atoms with Crippen molar-refractivity contribution in [3.8, 4) is 0 Å². The van der Waals surface area contributed by atoms with Crippen molar-refractivity contribution in [2.45, 2.75) is 33.6 Å². The number of fused-ring (bicyclic) bond motifs is 2. The zero-order valence-corrected chi connectivity index (χ0v) is 14.1. The van der Waals surface area contributed by atoms with Crippen LogP contribution in [0.15, 0.2) is 0 Å². The van der Waals surface area contributed by atoms with Crippen molar-refractivity contribution in [3.05, 3.63) is 0 Å². The van der Waals surface area contributed by atoms with E-state index in [9.17, 15) is 0 Å². The summed E-state index contributed by atoms with van der Waals surface area (Å²) in [5, 5.41) is 0. The van der Waals surface area contributed by atoms with Gasteiger partial charge < -0.3 is 14.7 Å². The third-order valence-electron chi connectivity index (χ3n) is 5.38. The molecule has 2 atom stereocenters. The fourth-order valence-corrected chi connectivity index (χ4v) is 4.33. The lowest BCUT2D eigenvalue weighted by Gasteiger charge is -2.54. The van der Waals surface area contributed by atoms with Gasteiger partial charge in [-0.05, 0) is 44.2 Å². The highest BCUT2D eigenvalue weighted by Gasteiger charge is 2.45. The van der Waals surface area contributed by atoms with Crippen molar-refractivity contribution in [2.24, 2.45) is 17.8 Å². The largest absolute Gasteiger partial charge is 0.306 e. The molecule has 0 aromatic rings. The second-order valence-corrected chi connectivity index (χ2v) is 6.78. The van der Waals surface area contributed by atoms with Crippen LogP contribution < -0.4 is 0 Å². The third kappa shape index (κ3) is 3.75. The number of hydrogen-bond donors (Lipinski definition) is 0. The molecule has 3 fully saturated rings. The van der Waals surface area contributed by atoms with Crippen molar-refractivity contribution in [3.63, 3.8) is 0 Å². The van der Waals surface area contributed by atoms with E-state index in [0.717, 1.165) is 17.8 Å². The Morgan fingerprint density at radius 1 is 0.900 bits per heavy atom. The van der Waals surface area contributed by atoms with Gasteiger partial charge in [-0.15, -0.1) is 0 Å². The molecule has 3 rings (SSSR count). The molecule has 3 nitrogen and oxygen atoms in total. The van der Waals surface area contributed by atoms with Crippen LogP contribution in [-0.2, 0) is 0 Å². The van der Waals surface area contributed by atoms with E-state index in [1.807, 2.05) is 13.8 Å². The average Bonchev–Trinajstić information content (AvgIpc) is 2.48. The highest BCUT2D eigenvalue weighted by atomic mass is 15.3. The first-order valence-electron chi connectivity index (χ1n) is 8.89. The predicted molar refractivity (Wildman–Crippen MR) is 87.1 cm³/mol. The monoisotopic (exact) mass is 281 g/mol. The average molecular weight is 281 g/mol. The molecule has 2 heterocycles. The number of hydrogen-bond acceptors (Lipinski definition) is 3. The summed E-state index contributed by atoms with van der Waals surface area (Å²) in [6.07, 6.45) is 2.82. The lowest BCUT2D eigenvalue weighted by molar-refractivity contribution is -0.0535. The highest BCUT2D eigenvalue weighted by Crippen LogP contribution is 2.45. The SMILES string of the molecule is CC.CCCN1CCN(CC2C3CC2CN(C)C3)CC1. The Hall–Kier alpha value is -0.120. The Morgan fingerprint density at radius 3 is 2.00 bits per heavy atom. The first-order valence-corrected chi connectivity index (χ1v) is 8.89. The van der Waals surface area contributed by atoms with E-state index in [1.165, 1.54) is 65.2 Å². The summed E-state index contributed by atoms with van der Waals surface area (Å²) in [6.45, 7) is 16.9. The maximum absolute atomic E-state index is 2.74. The highest BCUT2D eigenvalue weighted by molar-refractivity contribution is 4.97. The minimum absolute atomic E-state index is 1.02. The fourth-order valence-electron chi connectivity index (χ4n) is 4.33. The van der Waals surface area contributed by atoms with Gasteiger partial charge in [0.05, 0.1) is 0 Å². The van der Waals surface area contributed by atoms with E-state index in [2.05, 4.69) is 28.7 Å². The van der Waals surface area contributed by atoms with E-state index in [0.29, 0.717) is 0 Å². The summed E-state index contributed by atoms with van der Waals surface area (Å²) in [4.78, 5) is 7.90. The van der Waals surface area contributed by atoms with E-state index in [1.54, 1.807) is 0 Å². The fraction of sp³-hybridized carbons (Fsp3) is 1.00. The van der Waals surface area contributed by atoms with Crippen LogP contribution in [0, 0.1) is 17.8 Å². The molecule has 0 spiro atoms. The zero-order chi connectivity index (χ0) is 14.5. The molecule has 2 saturated heterocycles. The second-order valence-electron chi connectivity index (χ2n) is 6.78. The summed E-state index contributed by atoms with van der Waals surface area (Å²) in [7, 11) is 2.29. The maximum Gasteiger partial charge on any atom is 0.0110 e. The Labute approximate surface area is 126 Å². The first-order chi connectivity index (χ1) is 9.76. The molecule has 0 aromatic carbocycles. The van der Waals surface area contributed by atoms with Crippen LogP contribution in [0.25, 0.3) is 0 Å². The number of nitrogens with zero attached hydrogens (tertiary/aromatic N) is 3. The van der Waals surface area contributed by atoms with Crippen LogP contribution in [-0.4, -0.2) is 74.1 Å². The minimum atomic E-state index is 1.02. The molecular formula is C17H35N3. The Morgan fingerprint density at radius 2 is 1.45 bits per heavy atom. The quantitative estimate of drug-likeness (QED) is 0.782. The van der Waals surface area contributed by atoms with Crippen LogP contribution in [0.5, 0.6) is 0 Å². The summed E-state index contributed by atoms with van der Waals surface area (Å²) >= 11 is 0. The second kappa shape index (κ2) is 7.77. The Kier molecular flexibility index (Phi) is 6.31. The van der Waals surface area contributed by atoms with Gasteiger partial charge in [0.2, 0.25) is 0 Å². The summed E-state index contributed by atoms with van der Waals surface area (Å²) in [6, 6.07) is 0. The van der Waals surface area contributed by atoms with E-state index in [-0.39, 0.29) is 0 Å². The molecule has 1 saturated carbocycles. The predicted octanol–water partition coefficient (Wildman–Crippen LogP) is 2.24. The third-order valence-corrected chi connectivity index (χ3v) is 5.38. The molecule has 3 aliphatic rings. The van der Waals surface area contributed by atoms with Crippen LogP contribution in [0.2, 0.25) is 0 Å². The molecule has 0 radical (unpaired) electrons. The van der Waals surface area contributed by atoms with Crippen molar-refractivity contribution in [1.29, 1.82) is 0 Å². The molecular weight excluding hydrogens is 246 g/mol. The van der Waals surface area contributed by atoms with Gasteiger partial charge in [0.15, 0.2) is 0 Å². The normalized spacial score (nSPS) is 35.1. The van der Waals surface area contributed by atoms with Gasteiger partial charge in [-0.3, -0.25) is 0 Å². The van der Waals surface area contributed by atoms with Gasteiger partial charge in [-0.25, -0.2) is 0 Å². The molecule has 0 aromatic heterocycles. The summed E-state index contributed by atoms with van der Waals surface area (Å²) < 4.78 is 0. The van der Waals surface area contributed by atoms with Gasteiger partial charge in [-0.1, -0.05) is 20.8 Å². The number of piperazine rings is 1. The molecule has 20 heavy (non-hydrogen) atoms. The van der Waals surface area contributed by atoms with E-state index < -0.39 is 0 Å². The van der Waals surface area contributed by atoms with Crippen molar-refractivity contribution < 1.29 is 0 Å². The number of piperidine rings is 2. The molecule has 0 N–H and O–H groups in total. The van der Waals surface area contributed by atoms with Gasteiger partial charge in [0.1, 0.15) is 0 Å². The molecule has 0 amide bonds. The van der Waals surface area contributed by atoms with E-state index >= 15 is 0 Å². The molecule has 118 valence electrons. The lowest BCUT2D eigenvalue weighted by atomic mass is 9.61. The molecule has 1 aliphatic carbocycles. The van der Waals surface area contributed by atoms with Gasteiger partial charge in [-0.2, -0.15) is 0 Å². The summed E-state index contributed by atoms with van der Waals surface area (Å²) in [5.41, 5.74) is 0. The van der Waals surface area contributed by atoms with Crippen molar-refractivity contribution >= 4 is 0 Å². The van der Waals surface area contributed by atoms with Gasteiger partial charge in [0, 0.05) is 45.8 Å². The van der Waals surface area contributed by atoms with Crippen LogP contribution >= 0.6 is 0 Å². The minimum Gasteiger partial charge on any atom is -0.306 e. The smallest absolute Gasteiger partial charge is 0.0110 e. The van der Waals surface area contributed by atoms with Crippen LogP contribution in [0.4, 0.5) is 0 Å². The molecule has 2 bridgehead atoms. The Bertz CT molecular complexity index is 261. The van der Waals surface area contributed by atoms with Crippen molar-refractivity contribution in [2.75, 3.05) is 59.4 Å². The standard InChI is InChI=1S/C15H29N3.C2H6/c1-3-4-17-5-7-18(8-6-17)12-15-13-9-14(15)11-16(2)10-13;1-2/h13-15H,3-12H2,1-2H3;1-2H3. The van der Waals surface area contributed by atoms with E-state index in [4.69, 9.17) is 0 Å². The van der Waals surface area contributed by atoms with Crippen LogP contribution in [0.3, 0.4) is 0 Å². The van der Waals surface area contributed by atoms with Crippen LogP contribution in [0.1, 0.15) is 33.6 Å². The number of rotatable bonds is 4. The van der Waals surface area contributed by atoms with Gasteiger partial charge >= 0.3 is 0 Å². The molecule has 2 aliphatic heterocycles. The van der Waals surface area contributed by atoms with Crippen molar-refractivity contribution in [1.82, 2.24) is 14.7 Å².